The number of hydrogen-bond donors (Lipinski definition) is 1. The molecule has 0 aromatic heterocycles. The van der Waals surface area contributed by atoms with E-state index in [-0.39, 0.29) is 16.2 Å². The van der Waals surface area contributed by atoms with Crippen LogP contribution in [0.25, 0.3) is 0 Å². The average molecular weight is 398 g/mol. The molecule has 9 heteroatoms. The van der Waals surface area contributed by atoms with Crippen LogP contribution in [0.15, 0.2) is 41.3 Å². The Morgan fingerprint density at radius 3 is 2.37 bits per heavy atom. The molecule has 1 unspecified atom stereocenters. The van der Waals surface area contributed by atoms with Crippen LogP contribution >= 0.6 is 0 Å². The van der Waals surface area contributed by atoms with Gasteiger partial charge < -0.3 is 9.64 Å². The molecule has 2 aromatic carbocycles. The maximum atomic E-state index is 13.5. The van der Waals surface area contributed by atoms with Crippen molar-refractivity contribution >= 4 is 15.9 Å². The van der Waals surface area contributed by atoms with Gasteiger partial charge in [0.2, 0.25) is 10.0 Å². The van der Waals surface area contributed by atoms with Crippen molar-refractivity contribution in [2.45, 2.75) is 17.9 Å². The molecule has 0 aliphatic carbocycles. The third-order valence-corrected chi connectivity index (χ3v) is 5.73. The molecule has 0 bridgehead atoms. The maximum absolute atomic E-state index is 13.5. The number of ether oxygens (including phenoxy) is 1. The minimum Gasteiger partial charge on any atom is -0.495 e. The van der Waals surface area contributed by atoms with E-state index in [4.69, 9.17) is 4.74 Å². The third-order valence-electron chi connectivity index (χ3n) is 4.30. The molecule has 0 saturated carbocycles. The third kappa shape index (κ3) is 4.25. The number of methoxy groups -OCH3 is 1. The van der Waals surface area contributed by atoms with E-state index in [0.29, 0.717) is 5.56 Å². The number of nitrogens with one attached hydrogen (secondary N) is 1. The minimum atomic E-state index is -3.84. The number of amides is 1. The summed E-state index contributed by atoms with van der Waals surface area (Å²) in [5.41, 5.74) is 0.517. The molecular weight excluding hydrogens is 378 g/mol. The summed E-state index contributed by atoms with van der Waals surface area (Å²) >= 11 is 0. The van der Waals surface area contributed by atoms with Crippen LogP contribution in [0.1, 0.15) is 28.9 Å². The predicted molar refractivity (Wildman–Crippen MR) is 96.1 cm³/mol. The van der Waals surface area contributed by atoms with Crippen molar-refractivity contribution in [1.82, 2.24) is 9.62 Å². The van der Waals surface area contributed by atoms with Crippen LogP contribution in [0.2, 0.25) is 0 Å². The Morgan fingerprint density at radius 1 is 1.15 bits per heavy atom. The van der Waals surface area contributed by atoms with Gasteiger partial charge >= 0.3 is 0 Å². The van der Waals surface area contributed by atoms with Gasteiger partial charge in [0, 0.05) is 12.6 Å². The summed E-state index contributed by atoms with van der Waals surface area (Å²) in [6.45, 7) is 1.65. The molecule has 2 rings (SSSR count). The molecular formula is C18H20F2N2O4S. The molecule has 0 spiro atoms. The van der Waals surface area contributed by atoms with Gasteiger partial charge in [-0.25, -0.2) is 21.9 Å². The number of carbonyl (C=O) groups is 1. The van der Waals surface area contributed by atoms with E-state index in [1.807, 2.05) is 0 Å². The normalized spacial score (nSPS) is 12.5. The standard InChI is InChI=1S/C18H20F2N2O4S/c1-11(12-5-7-14(19)15(20)9-12)22(3)18(23)13-6-8-16(26-4)17(10-13)27(24,25)21-2/h5-11,21H,1-4H3. The number of hydrogen-bond acceptors (Lipinski definition) is 4. The summed E-state index contributed by atoms with van der Waals surface area (Å²) in [4.78, 5) is 13.9. The van der Waals surface area contributed by atoms with E-state index < -0.39 is 33.6 Å². The molecule has 2 aromatic rings. The lowest BCUT2D eigenvalue weighted by atomic mass is 10.1. The molecule has 0 aliphatic rings. The quantitative estimate of drug-likeness (QED) is 0.812. The first kappa shape index (κ1) is 20.8. The zero-order valence-corrected chi connectivity index (χ0v) is 16.1. The Kier molecular flexibility index (Phi) is 6.17. The SMILES string of the molecule is CNS(=O)(=O)c1cc(C(=O)N(C)C(C)c2ccc(F)c(F)c2)ccc1OC. The summed E-state index contributed by atoms with van der Waals surface area (Å²) in [7, 11) is 0.221. The molecule has 0 heterocycles. The van der Waals surface area contributed by atoms with E-state index in [0.717, 1.165) is 12.1 Å². The zero-order valence-electron chi connectivity index (χ0n) is 15.3. The number of nitrogens with zero attached hydrogens (tertiary/aromatic N) is 1. The Labute approximate surface area is 156 Å². The van der Waals surface area contributed by atoms with Crippen molar-refractivity contribution in [1.29, 1.82) is 0 Å². The van der Waals surface area contributed by atoms with Gasteiger partial charge in [-0.1, -0.05) is 6.07 Å². The summed E-state index contributed by atoms with van der Waals surface area (Å²) in [6, 6.07) is 6.86. The smallest absolute Gasteiger partial charge is 0.254 e. The molecule has 6 nitrogen and oxygen atoms in total. The first-order valence-corrected chi connectivity index (χ1v) is 9.44. The number of sulfonamides is 1. The van der Waals surface area contributed by atoms with Crippen LogP contribution in [0.5, 0.6) is 5.75 Å². The van der Waals surface area contributed by atoms with E-state index in [1.54, 1.807) is 6.92 Å². The van der Waals surface area contributed by atoms with Crippen LogP contribution in [0.3, 0.4) is 0 Å². The fourth-order valence-corrected chi connectivity index (χ4v) is 3.42. The van der Waals surface area contributed by atoms with E-state index >= 15 is 0 Å². The van der Waals surface area contributed by atoms with Crippen molar-refractivity contribution < 1.29 is 26.7 Å². The molecule has 27 heavy (non-hydrogen) atoms. The minimum absolute atomic E-state index is 0.0946. The van der Waals surface area contributed by atoms with Crippen molar-refractivity contribution in [2.24, 2.45) is 0 Å². The first-order valence-electron chi connectivity index (χ1n) is 7.96. The van der Waals surface area contributed by atoms with E-state index in [9.17, 15) is 22.0 Å². The molecule has 1 amide bonds. The Hall–Kier alpha value is -2.52. The highest BCUT2D eigenvalue weighted by Crippen LogP contribution is 2.27. The number of rotatable bonds is 6. The zero-order chi connectivity index (χ0) is 20.4. The number of halogens is 2. The van der Waals surface area contributed by atoms with Gasteiger partial charge in [-0.15, -0.1) is 0 Å². The number of carbonyl (C=O) groups excluding carboxylic acids is 1. The molecule has 1 atom stereocenters. The fraction of sp³-hybridized carbons (Fsp3) is 0.278. The topological polar surface area (TPSA) is 75.7 Å². The Bertz CT molecular complexity index is 964. The Balaban J connectivity index is 2.38. The lowest BCUT2D eigenvalue weighted by Crippen LogP contribution is -2.30. The molecule has 0 saturated heterocycles. The van der Waals surface area contributed by atoms with Crippen molar-refractivity contribution in [3.05, 3.63) is 59.2 Å². The summed E-state index contributed by atoms with van der Waals surface area (Å²) in [5.74, 6) is -2.37. The van der Waals surface area contributed by atoms with Gasteiger partial charge in [-0.3, -0.25) is 4.79 Å². The van der Waals surface area contributed by atoms with Crippen molar-refractivity contribution in [3.63, 3.8) is 0 Å². The number of benzene rings is 2. The van der Waals surface area contributed by atoms with E-state index in [1.165, 1.54) is 50.4 Å². The second kappa shape index (κ2) is 8.01. The Morgan fingerprint density at radius 2 is 1.81 bits per heavy atom. The van der Waals surface area contributed by atoms with Gasteiger partial charge in [-0.05, 0) is 49.9 Å². The molecule has 0 fully saturated rings. The van der Waals surface area contributed by atoms with Gasteiger partial charge in [-0.2, -0.15) is 0 Å². The predicted octanol–water partition coefficient (Wildman–Crippen LogP) is 2.71. The van der Waals surface area contributed by atoms with Crippen LogP contribution in [0.4, 0.5) is 8.78 Å². The molecule has 1 N–H and O–H groups in total. The van der Waals surface area contributed by atoms with Gasteiger partial charge in [0.15, 0.2) is 11.6 Å². The second-order valence-corrected chi connectivity index (χ2v) is 7.69. The van der Waals surface area contributed by atoms with Crippen LogP contribution in [-0.4, -0.2) is 40.4 Å². The second-order valence-electron chi connectivity index (χ2n) is 5.84. The monoisotopic (exact) mass is 398 g/mol. The molecule has 0 radical (unpaired) electrons. The van der Waals surface area contributed by atoms with Crippen molar-refractivity contribution in [3.8, 4) is 5.75 Å². The van der Waals surface area contributed by atoms with Gasteiger partial charge in [0.05, 0.1) is 13.2 Å². The average Bonchev–Trinajstić information content (AvgIpc) is 2.67. The van der Waals surface area contributed by atoms with Gasteiger partial charge in [0.25, 0.3) is 5.91 Å². The summed E-state index contributed by atoms with van der Waals surface area (Å²) in [5, 5.41) is 0. The highest BCUT2D eigenvalue weighted by Gasteiger charge is 2.24. The maximum Gasteiger partial charge on any atom is 0.254 e. The molecule has 0 aliphatic heterocycles. The van der Waals surface area contributed by atoms with Crippen LogP contribution in [0, 0.1) is 11.6 Å². The lowest BCUT2D eigenvalue weighted by molar-refractivity contribution is 0.0742. The van der Waals surface area contributed by atoms with Crippen LogP contribution in [-0.2, 0) is 10.0 Å². The first-order chi connectivity index (χ1) is 12.6. The molecule has 146 valence electrons. The van der Waals surface area contributed by atoms with E-state index in [2.05, 4.69) is 4.72 Å². The highest BCUT2D eigenvalue weighted by molar-refractivity contribution is 7.89. The largest absolute Gasteiger partial charge is 0.495 e. The van der Waals surface area contributed by atoms with Crippen molar-refractivity contribution in [2.75, 3.05) is 21.2 Å². The summed E-state index contributed by atoms with van der Waals surface area (Å²) < 4.78 is 58.1. The lowest BCUT2D eigenvalue weighted by Gasteiger charge is -2.26. The summed E-state index contributed by atoms with van der Waals surface area (Å²) in [6.07, 6.45) is 0. The fourth-order valence-electron chi connectivity index (χ4n) is 2.51. The van der Waals surface area contributed by atoms with Crippen LogP contribution < -0.4 is 9.46 Å². The highest BCUT2D eigenvalue weighted by atomic mass is 32.2. The van der Waals surface area contributed by atoms with Gasteiger partial charge in [0.1, 0.15) is 10.6 Å².